The molecular formula is C16H25BrN2O. The highest BCUT2D eigenvalue weighted by Crippen LogP contribution is 2.28. The second-order valence-electron chi connectivity index (χ2n) is 5.60. The summed E-state index contributed by atoms with van der Waals surface area (Å²) in [5.74, 6) is 0. The third-order valence-corrected chi connectivity index (χ3v) is 4.66. The van der Waals surface area contributed by atoms with Crippen molar-refractivity contribution in [1.29, 1.82) is 0 Å². The molecule has 1 saturated heterocycles. The molecule has 0 saturated carbocycles. The molecule has 3 nitrogen and oxygen atoms in total. The molecule has 0 aromatic heterocycles. The Morgan fingerprint density at radius 2 is 2.10 bits per heavy atom. The number of halogens is 1. The van der Waals surface area contributed by atoms with Crippen LogP contribution in [0.2, 0.25) is 0 Å². The number of nitrogens with zero attached hydrogens (tertiary/aromatic N) is 1. The largest absolute Gasteiger partial charge is 0.381 e. The number of anilines is 1. The summed E-state index contributed by atoms with van der Waals surface area (Å²) < 4.78 is 6.59. The van der Waals surface area contributed by atoms with Crippen LogP contribution in [0.4, 0.5) is 5.69 Å². The zero-order valence-electron chi connectivity index (χ0n) is 12.4. The number of hydrogen-bond donors (Lipinski definition) is 1. The van der Waals surface area contributed by atoms with E-state index in [-0.39, 0.29) is 6.04 Å². The molecule has 4 heteroatoms. The first-order valence-corrected chi connectivity index (χ1v) is 8.25. The zero-order chi connectivity index (χ0) is 14.5. The van der Waals surface area contributed by atoms with Crippen LogP contribution in [0.1, 0.15) is 31.7 Å². The van der Waals surface area contributed by atoms with Crippen molar-refractivity contribution < 1.29 is 4.74 Å². The molecule has 20 heavy (non-hydrogen) atoms. The molecule has 1 atom stereocenters. The average molecular weight is 341 g/mol. The van der Waals surface area contributed by atoms with Crippen molar-refractivity contribution >= 4 is 21.6 Å². The van der Waals surface area contributed by atoms with Crippen LogP contribution in [0.25, 0.3) is 0 Å². The molecule has 2 rings (SSSR count). The summed E-state index contributed by atoms with van der Waals surface area (Å²) in [6.07, 6.45) is 4.14. The molecule has 1 aromatic rings. The number of ether oxygens (including phenoxy) is 1. The maximum Gasteiger partial charge on any atom is 0.0485 e. The van der Waals surface area contributed by atoms with Gasteiger partial charge in [0.05, 0.1) is 0 Å². The Bertz CT molecular complexity index is 432. The molecular weight excluding hydrogens is 316 g/mol. The first-order valence-electron chi connectivity index (χ1n) is 7.46. The van der Waals surface area contributed by atoms with Gasteiger partial charge in [-0.3, -0.25) is 0 Å². The minimum absolute atomic E-state index is 0.228. The molecule has 1 unspecified atom stereocenters. The monoisotopic (exact) mass is 340 g/mol. The lowest BCUT2D eigenvalue weighted by molar-refractivity contribution is 0.0854. The van der Waals surface area contributed by atoms with Crippen LogP contribution in [0, 0.1) is 0 Å². The fourth-order valence-corrected chi connectivity index (χ4v) is 3.17. The van der Waals surface area contributed by atoms with Gasteiger partial charge in [-0.2, -0.15) is 0 Å². The molecule has 2 N–H and O–H groups in total. The number of hydrogen-bond acceptors (Lipinski definition) is 3. The second-order valence-corrected chi connectivity index (χ2v) is 6.52. The van der Waals surface area contributed by atoms with Gasteiger partial charge in [-0.15, -0.1) is 0 Å². The van der Waals surface area contributed by atoms with Crippen molar-refractivity contribution in [3.8, 4) is 0 Å². The third-order valence-electron chi connectivity index (χ3n) is 4.17. The van der Waals surface area contributed by atoms with Crippen molar-refractivity contribution in [1.82, 2.24) is 0 Å². The summed E-state index contributed by atoms with van der Waals surface area (Å²) in [5.41, 5.74) is 8.79. The predicted molar refractivity (Wildman–Crippen MR) is 88.4 cm³/mol. The molecule has 1 aliphatic heterocycles. The Kier molecular flexibility index (Phi) is 5.87. The summed E-state index contributed by atoms with van der Waals surface area (Å²) in [5, 5.41) is 0. The van der Waals surface area contributed by atoms with E-state index in [0.717, 1.165) is 43.4 Å². The van der Waals surface area contributed by atoms with Crippen LogP contribution < -0.4 is 10.6 Å². The maximum atomic E-state index is 6.15. The average Bonchev–Trinajstić information content (AvgIpc) is 2.47. The molecule has 112 valence electrons. The SMILES string of the molecule is CCC(N)Cc1cc(Br)ccc1N(C)C1CCOCC1. The van der Waals surface area contributed by atoms with Gasteiger partial charge in [0.25, 0.3) is 0 Å². The van der Waals surface area contributed by atoms with Gasteiger partial charge in [0.1, 0.15) is 0 Å². The van der Waals surface area contributed by atoms with Gasteiger partial charge in [-0.25, -0.2) is 0 Å². The Labute approximate surface area is 130 Å². The summed E-state index contributed by atoms with van der Waals surface area (Å²) in [6.45, 7) is 3.88. The Hall–Kier alpha value is -0.580. The lowest BCUT2D eigenvalue weighted by atomic mass is 10.00. The van der Waals surface area contributed by atoms with E-state index in [2.05, 4.69) is 53.0 Å². The Balaban J connectivity index is 2.20. The molecule has 0 aliphatic carbocycles. The summed E-state index contributed by atoms with van der Waals surface area (Å²) >= 11 is 3.57. The van der Waals surface area contributed by atoms with Gasteiger partial charge in [0, 0.05) is 42.5 Å². The smallest absolute Gasteiger partial charge is 0.0485 e. The number of benzene rings is 1. The molecule has 0 radical (unpaired) electrons. The number of nitrogens with two attached hydrogens (primary N) is 1. The van der Waals surface area contributed by atoms with Gasteiger partial charge >= 0.3 is 0 Å². The molecule has 0 bridgehead atoms. The maximum absolute atomic E-state index is 6.15. The third kappa shape index (κ3) is 3.96. The van der Waals surface area contributed by atoms with Crippen molar-refractivity contribution in [3.05, 3.63) is 28.2 Å². The van der Waals surface area contributed by atoms with Gasteiger partial charge in [-0.1, -0.05) is 22.9 Å². The second kappa shape index (κ2) is 7.43. The van der Waals surface area contributed by atoms with E-state index >= 15 is 0 Å². The zero-order valence-corrected chi connectivity index (χ0v) is 14.0. The minimum Gasteiger partial charge on any atom is -0.381 e. The molecule has 0 spiro atoms. The molecule has 1 heterocycles. The first-order chi connectivity index (χ1) is 9.61. The van der Waals surface area contributed by atoms with Crippen molar-refractivity contribution in [2.24, 2.45) is 5.73 Å². The lowest BCUT2D eigenvalue weighted by Crippen LogP contribution is -2.37. The van der Waals surface area contributed by atoms with Crippen LogP contribution in [0.5, 0.6) is 0 Å². The topological polar surface area (TPSA) is 38.5 Å². The van der Waals surface area contributed by atoms with E-state index in [0.29, 0.717) is 6.04 Å². The van der Waals surface area contributed by atoms with E-state index in [9.17, 15) is 0 Å². The molecule has 1 fully saturated rings. The van der Waals surface area contributed by atoms with E-state index in [1.54, 1.807) is 0 Å². The Morgan fingerprint density at radius 1 is 1.40 bits per heavy atom. The van der Waals surface area contributed by atoms with Crippen molar-refractivity contribution in [3.63, 3.8) is 0 Å². The lowest BCUT2D eigenvalue weighted by Gasteiger charge is -2.34. The molecule has 0 amide bonds. The highest BCUT2D eigenvalue weighted by atomic mass is 79.9. The highest BCUT2D eigenvalue weighted by Gasteiger charge is 2.21. The van der Waals surface area contributed by atoms with E-state index in [1.807, 2.05) is 0 Å². The Morgan fingerprint density at radius 3 is 2.75 bits per heavy atom. The van der Waals surface area contributed by atoms with Crippen LogP contribution in [-0.2, 0) is 11.2 Å². The van der Waals surface area contributed by atoms with Crippen molar-refractivity contribution in [2.75, 3.05) is 25.2 Å². The minimum atomic E-state index is 0.228. The quantitative estimate of drug-likeness (QED) is 0.893. The van der Waals surface area contributed by atoms with Gasteiger partial charge < -0.3 is 15.4 Å². The summed E-state index contributed by atoms with van der Waals surface area (Å²) in [6, 6.07) is 7.33. The first kappa shape index (κ1) is 15.8. The predicted octanol–water partition coefficient (Wildman–Crippen LogP) is 3.34. The fraction of sp³-hybridized carbons (Fsp3) is 0.625. The van der Waals surface area contributed by atoms with Gasteiger partial charge in [0.15, 0.2) is 0 Å². The van der Waals surface area contributed by atoms with E-state index < -0.39 is 0 Å². The normalized spacial score (nSPS) is 18.0. The van der Waals surface area contributed by atoms with Crippen LogP contribution in [0.15, 0.2) is 22.7 Å². The van der Waals surface area contributed by atoms with E-state index in [1.165, 1.54) is 11.3 Å². The standard InChI is InChI=1S/C16H25BrN2O/c1-3-14(18)11-12-10-13(17)4-5-16(12)19(2)15-6-8-20-9-7-15/h4-5,10,14-15H,3,6-9,11,18H2,1-2H3. The van der Waals surface area contributed by atoms with Gasteiger partial charge in [-0.05, 0) is 49.4 Å². The van der Waals surface area contributed by atoms with Crippen LogP contribution in [-0.4, -0.2) is 32.3 Å². The fourth-order valence-electron chi connectivity index (χ4n) is 2.76. The van der Waals surface area contributed by atoms with Crippen LogP contribution >= 0.6 is 15.9 Å². The highest BCUT2D eigenvalue weighted by molar-refractivity contribution is 9.10. The van der Waals surface area contributed by atoms with E-state index in [4.69, 9.17) is 10.5 Å². The summed E-state index contributed by atoms with van der Waals surface area (Å²) in [4.78, 5) is 2.41. The van der Waals surface area contributed by atoms with Crippen LogP contribution in [0.3, 0.4) is 0 Å². The summed E-state index contributed by atoms with van der Waals surface area (Å²) in [7, 11) is 2.19. The molecule has 1 aliphatic rings. The molecule has 1 aromatic carbocycles. The van der Waals surface area contributed by atoms with Gasteiger partial charge in [0.2, 0.25) is 0 Å². The van der Waals surface area contributed by atoms with Crippen molar-refractivity contribution in [2.45, 2.75) is 44.7 Å². The number of rotatable bonds is 5.